The molecular weight excluding hydrogens is 256 g/mol. The zero-order chi connectivity index (χ0) is 14.5. The van der Waals surface area contributed by atoms with Crippen LogP contribution < -0.4 is 5.32 Å². The largest absolute Gasteiger partial charge is 0.477 e. The molecular formula is C15H14N2O3. The van der Waals surface area contributed by atoms with Gasteiger partial charge in [-0.1, -0.05) is 30.3 Å². The van der Waals surface area contributed by atoms with Crippen molar-refractivity contribution in [3.63, 3.8) is 0 Å². The molecule has 1 unspecified atom stereocenters. The van der Waals surface area contributed by atoms with Crippen molar-refractivity contribution in [2.75, 3.05) is 0 Å². The molecule has 0 aliphatic heterocycles. The molecule has 2 N–H and O–H groups in total. The van der Waals surface area contributed by atoms with Crippen molar-refractivity contribution in [2.24, 2.45) is 0 Å². The number of aromatic carboxylic acids is 1. The normalized spacial score (nSPS) is 11.7. The zero-order valence-electron chi connectivity index (χ0n) is 10.9. The Morgan fingerprint density at radius 2 is 1.90 bits per heavy atom. The molecule has 0 saturated heterocycles. The van der Waals surface area contributed by atoms with Gasteiger partial charge in [0.1, 0.15) is 5.69 Å². The number of carbonyl (C=O) groups excluding carboxylic acids is 1. The van der Waals surface area contributed by atoms with Crippen molar-refractivity contribution in [1.82, 2.24) is 10.3 Å². The van der Waals surface area contributed by atoms with Crippen LogP contribution in [0.15, 0.2) is 48.7 Å². The minimum atomic E-state index is -1.16. The standard InChI is InChI=1S/C15H14N2O3/c1-10(11-5-3-2-4-6-11)17-14(18)12-7-8-16-13(9-12)15(19)20/h2-10H,1H3,(H,17,18)(H,19,20). The fourth-order valence-electron chi connectivity index (χ4n) is 1.79. The number of pyridine rings is 1. The summed E-state index contributed by atoms with van der Waals surface area (Å²) in [6.45, 7) is 1.87. The van der Waals surface area contributed by atoms with E-state index in [0.717, 1.165) is 5.56 Å². The van der Waals surface area contributed by atoms with Crippen LogP contribution >= 0.6 is 0 Å². The summed E-state index contributed by atoms with van der Waals surface area (Å²) in [6, 6.07) is 12.1. The van der Waals surface area contributed by atoms with E-state index in [1.807, 2.05) is 37.3 Å². The van der Waals surface area contributed by atoms with E-state index >= 15 is 0 Å². The quantitative estimate of drug-likeness (QED) is 0.893. The summed E-state index contributed by atoms with van der Waals surface area (Å²) in [6.07, 6.45) is 1.31. The molecule has 0 saturated carbocycles. The summed E-state index contributed by atoms with van der Waals surface area (Å²) < 4.78 is 0. The summed E-state index contributed by atoms with van der Waals surface area (Å²) in [5.74, 6) is -1.48. The predicted octanol–water partition coefficient (Wildman–Crippen LogP) is 2.27. The molecule has 0 bridgehead atoms. The van der Waals surface area contributed by atoms with E-state index in [4.69, 9.17) is 5.11 Å². The Bertz CT molecular complexity index is 626. The lowest BCUT2D eigenvalue weighted by atomic mass is 10.1. The molecule has 0 radical (unpaired) electrons. The van der Waals surface area contributed by atoms with Gasteiger partial charge in [0.15, 0.2) is 0 Å². The van der Waals surface area contributed by atoms with E-state index in [1.54, 1.807) is 0 Å². The molecule has 2 rings (SSSR count). The van der Waals surface area contributed by atoms with Crippen molar-refractivity contribution in [3.05, 3.63) is 65.5 Å². The molecule has 1 aromatic heterocycles. The maximum atomic E-state index is 12.1. The van der Waals surface area contributed by atoms with Crippen molar-refractivity contribution >= 4 is 11.9 Å². The van der Waals surface area contributed by atoms with Crippen LogP contribution in [-0.2, 0) is 0 Å². The molecule has 102 valence electrons. The Hall–Kier alpha value is -2.69. The number of hydrogen-bond donors (Lipinski definition) is 2. The van der Waals surface area contributed by atoms with Crippen LogP contribution in [0.3, 0.4) is 0 Å². The van der Waals surface area contributed by atoms with Crippen LogP contribution in [0.4, 0.5) is 0 Å². The molecule has 0 aliphatic rings. The maximum absolute atomic E-state index is 12.1. The highest BCUT2D eigenvalue weighted by Gasteiger charge is 2.13. The lowest BCUT2D eigenvalue weighted by Crippen LogP contribution is -2.26. The molecule has 5 nitrogen and oxygen atoms in total. The van der Waals surface area contributed by atoms with Gasteiger partial charge in [-0.2, -0.15) is 0 Å². The Balaban J connectivity index is 2.12. The first kappa shape index (κ1) is 13.7. The predicted molar refractivity (Wildman–Crippen MR) is 73.5 cm³/mol. The highest BCUT2D eigenvalue weighted by molar-refractivity contribution is 5.96. The summed E-state index contributed by atoms with van der Waals surface area (Å²) >= 11 is 0. The number of carboxylic acid groups (broad SMARTS) is 1. The number of nitrogens with zero attached hydrogens (tertiary/aromatic N) is 1. The summed E-state index contributed by atoms with van der Waals surface area (Å²) in [5.41, 5.74) is 1.11. The Morgan fingerprint density at radius 1 is 1.20 bits per heavy atom. The van der Waals surface area contributed by atoms with Gasteiger partial charge >= 0.3 is 5.97 Å². The zero-order valence-corrected chi connectivity index (χ0v) is 10.9. The monoisotopic (exact) mass is 270 g/mol. The van der Waals surface area contributed by atoms with E-state index in [-0.39, 0.29) is 23.2 Å². The minimum Gasteiger partial charge on any atom is -0.477 e. The van der Waals surface area contributed by atoms with Gasteiger partial charge in [0, 0.05) is 11.8 Å². The first-order chi connectivity index (χ1) is 9.58. The van der Waals surface area contributed by atoms with Gasteiger partial charge in [0.25, 0.3) is 5.91 Å². The van der Waals surface area contributed by atoms with Gasteiger partial charge in [-0.15, -0.1) is 0 Å². The molecule has 1 heterocycles. The molecule has 1 aromatic carbocycles. The number of nitrogens with one attached hydrogen (secondary N) is 1. The third-order valence-electron chi connectivity index (χ3n) is 2.89. The summed E-state index contributed by atoms with van der Waals surface area (Å²) in [4.78, 5) is 26.6. The number of carbonyl (C=O) groups is 2. The van der Waals surface area contributed by atoms with Gasteiger partial charge in [-0.25, -0.2) is 9.78 Å². The third-order valence-corrected chi connectivity index (χ3v) is 2.89. The molecule has 20 heavy (non-hydrogen) atoms. The van der Waals surface area contributed by atoms with Crippen LogP contribution in [0.5, 0.6) is 0 Å². The van der Waals surface area contributed by atoms with Crippen LogP contribution in [0.2, 0.25) is 0 Å². The second kappa shape index (κ2) is 5.97. The van der Waals surface area contributed by atoms with E-state index < -0.39 is 5.97 Å². The van der Waals surface area contributed by atoms with Crippen molar-refractivity contribution in [3.8, 4) is 0 Å². The van der Waals surface area contributed by atoms with Crippen molar-refractivity contribution in [1.29, 1.82) is 0 Å². The Morgan fingerprint density at radius 3 is 2.55 bits per heavy atom. The van der Waals surface area contributed by atoms with E-state index in [0.29, 0.717) is 0 Å². The SMILES string of the molecule is CC(NC(=O)c1ccnc(C(=O)O)c1)c1ccccc1. The Kier molecular flexibility index (Phi) is 4.10. The number of benzene rings is 1. The van der Waals surface area contributed by atoms with Crippen molar-refractivity contribution < 1.29 is 14.7 Å². The molecule has 0 spiro atoms. The van der Waals surface area contributed by atoms with Crippen molar-refractivity contribution in [2.45, 2.75) is 13.0 Å². The van der Waals surface area contributed by atoms with Crippen LogP contribution in [0.25, 0.3) is 0 Å². The lowest BCUT2D eigenvalue weighted by Gasteiger charge is -2.14. The number of hydrogen-bond acceptors (Lipinski definition) is 3. The molecule has 1 atom stereocenters. The van der Waals surface area contributed by atoms with Gasteiger partial charge in [0.2, 0.25) is 0 Å². The summed E-state index contributed by atoms with van der Waals surface area (Å²) in [5, 5.41) is 11.7. The minimum absolute atomic E-state index is 0.148. The maximum Gasteiger partial charge on any atom is 0.354 e. The number of amides is 1. The summed E-state index contributed by atoms with van der Waals surface area (Å²) in [7, 11) is 0. The van der Waals surface area contributed by atoms with Gasteiger partial charge in [-0.05, 0) is 24.6 Å². The van der Waals surface area contributed by atoms with Gasteiger partial charge in [0.05, 0.1) is 6.04 Å². The average molecular weight is 270 g/mol. The lowest BCUT2D eigenvalue weighted by molar-refractivity contribution is 0.0690. The van der Waals surface area contributed by atoms with E-state index in [2.05, 4.69) is 10.3 Å². The topological polar surface area (TPSA) is 79.3 Å². The number of rotatable bonds is 4. The molecule has 1 amide bonds. The second-order valence-electron chi connectivity index (χ2n) is 4.34. The first-order valence-electron chi connectivity index (χ1n) is 6.13. The Labute approximate surface area is 116 Å². The van der Waals surface area contributed by atoms with Crippen LogP contribution in [-0.4, -0.2) is 22.0 Å². The second-order valence-corrected chi connectivity index (χ2v) is 4.34. The highest BCUT2D eigenvalue weighted by atomic mass is 16.4. The molecule has 2 aromatic rings. The highest BCUT2D eigenvalue weighted by Crippen LogP contribution is 2.12. The molecule has 0 fully saturated rings. The number of carboxylic acids is 1. The fraction of sp³-hybridized carbons (Fsp3) is 0.133. The van der Waals surface area contributed by atoms with Gasteiger partial charge in [-0.3, -0.25) is 4.79 Å². The van der Waals surface area contributed by atoms with E-state index in [1.165, 1.54) is 18.3 Å². The molecule has 5 heteroatoms. The number of aromatic nitrogens is 1. The van der Waals surface area contributed by atoms with E-state index in [9.17, 15) is 9.59 Å². The van der Waals surface area contributed by atoms with Crippen LogP contribution in [0, 0.1) is 0 Å². The average Bonchev–Trinajstić information content (AvgIpc) is 2.48. The fourth-order valence-corrected chi connectivity index (χ4v) is 1.79. The first-order valence-corrected chi connectivity index (χ1v) is 6.13. The smallest absolute Gasteiger partial charge is 0.354 e. The van der Waals surface area contributed by atoms with Gasteiger partial charge < -0.3 is 10.4 Å². The van der Waals surface area contributed by atoms with Crippen LogP contribution in [0.1, 0.15) is 39.4 Å². The molecule has 0 aliphatic carbocycles. The third kappa shape index (κ3) is 3.20.